The average molecular weight is 271 g/mol. The molecule has 2 heterocycles. The van der Waals surface area contributed by atoms with E-state index in [-0.39, 0.29) is 18.2 Å². The molecule has 0 amide bonds. The van der Waals surface area contributed by atoms with E-state index in [1.165, 1.54) is 12.8 Å². The van der Waals surface area contributed by atoms with E-state index in [1.807, 2.05) is 6.07 Å². The summed E-state index contributed by atoms with van der Waals surface area (Å²) in [7, 11) is 0. The molecule has 0 atom stereocenters. The Kier molecular flexibility index (Phi) is 4.46. The van der Waals surface area contributed by atoms with Crippen molar-refractivity contribution in [3.05, 3.63) is 29.6 Å². The first kappa shape index (κ1) is 13.6. The molecule has 4 heteroatoms. The third kappa shape index (κ3) is 2.62. The van der Waals surface area contributed by atoms with Crippen molar-refractivity contribution < 1.29 is 4.39 Å². The minimum Gasteiger partial charge on any atom is -0.371 e. The van der Waals surface area contributed by atoms with Crippen LogP contribution in [0.4, 0.5) is 10.1 Å². The molecule has 2 aliphatic rings. The highest BCUT2D eigenvalue weighted by Crippen LogP contribution is 2.31. The Morgan fingerprint density at radius 3 is 2.83 bits per heavy atom. The number of nitrogens with zero attached hydrogens (tertiary/aromatic N) is 1. The van der Waals surface area contributed by atoms with Crippen LogP contribution in [0, 0.1) is 11.7 Å². The quantitative estimate of drug-likeness (QED) is 0.889. The SMILES string of the molecule is Cl.Fc1cccc2c1CCN2CC1CCNCC1. The summed E-state index contributed by atoms with van der Waals surface area (Å²) in [5.74, 6) is 0.737. The predicted molar refractivity (Wildman–Crippen MR) is 75.2 cm³/mol. The normalized spacial score (nSPS) is 19.5. The summed E-state index contributed by atoms with van der Waals surface area (Å²) in [6, 6.07) is 5.47. The van der Waals surface area contributed by atoms with Crippen LogP contribution in [-0.4, -0.2) is 26.2 Å². The van der Waals surface area contributed by atoms with Crippen molar-refractivity contribution in [3.63, 3.8) is 0 Å². The molecule has 1 N–H and O–H groups in total. The molecule has 0 saturated carbocycles. The summed E-state index contributed by atoms with van der Waals surface area (Å²) in [6.07, 6.45) is 3.37. The van der Waals surface area contributed by atoms with E-state index in [0.29, 0.717) is 0 Å². The fourth-order valence-corrected chi connectivity index (χ4v) is 3.02. The number of anilines is 1. The second-order valence-electron chi connectivity index (χ2n) is 5.13. The molecule has 0 bridgehead atoms. The molecule has 0 aliphatic carbocycles. The van der Waals surface area contributed by atoms with Gasteiger partial charge in [-0.05, 0) is 50.4 Å². The maximum absolute atomic E-state index is 13.6. The molecule has 3 rings (SSSR count). The number of piperidine rings is 1. The second kappa shape index (κ2) is 5.89. The van der Waals surface area contributed by atoms with Gasteiger partial charge in [0.25, 0.3) is 0 Å². The van der Waals surface area contributed by atoms with Gasteiger partial charge in [-0.3, -0.25) is 0 Å². The van der Waals surface area contributed by atoms with Gasteiger partial charge in [-0.1, -0.05) is 6.07 Å². The summed E-state index contributed by atoms with van der Waals surface area (Å²) in [5.41, 5.74) is 2.05. The molecular formula is C14H20ClFN2. The lowest BCUT2D eigenvalue weighted by Crippen LogP contribution is -2.35. The third-order valence-electron chi connectivity index (χ3n) is 4.00. The van der Waals surface area contributed by atoms with E-state index < -0.39 is 0 Å². The summed E-state index contributed by atoms with van der Waals surface area (Å²) >= 11 is 0. The van der Waals surface area contributed by atoms with Gasteiger partial charge in [0.1, 0.15) is 5.82 Å². The van der Waals surface area contributed by atoms with E-state index >= 15 is 0 Å². The Morgan fingerprint density at radius 1 is 1.28 bits per heavy atom. The zero-order chi connectivity index (χ0) is 11.7. The van der Waals surface area contributed by atoms with Gasteiger partial charge in [-0.15, -0.1) is 12.4 Å². The largest absolute Gasteiger partial charge is 0.371 e. The topological polar surface area (TPSA) is 15.3 Å². The van der Waals surface area contributed by atoms with E-state index in [1.54, 1.807) is 6.07 Å². The lowest BCUT2D eigenvalue weighted by molar-refractivity contribution is 0.375. The number of benzene rings is 1. The fourth-order valence-electron chi connectivity index (χ4n) is 3.02. The van der Waals surface area contributed by atoms with Crippen molar-refractivity contribution in [2.45, 2.75) is 19.3 Å². The summed E-state index contributed by atoms with van der Waals surface area (Å²) in [6.45, 7) is 4.35. The van der Waals surface area contributed by atoms with Gasteiger partial charge in [-0.2, -0.15) is 0 Å². The van der Waals surface area contributed by atoms with Gasteiger partial charge in [0, 0.05) is 24.3 Å². The number of rotatable bonds is 2. The van der Waals surface area contributed by atoms with Crippen LogP contribution < -0.4 is 10.2 Å². The standard InChI is InChI=1S/C14H19FN2.ClH/c15-13-2-1-3-14-12(13)6-9-17(14)10-11-4-7-16-8-5-11;/h1-3,11,16H,4-10H2;1H. The molecule has 1 fully saturated rings. The minimum atomic E-state index is -0.0321. The fraction of sp³-hybridized carbons (Fsp3) is 0.571. The van der Waals surface area contributed by atoms with Crippen molar-refractivity contribution in [1.29, 1.82) is 0 Å². The molecule has 2 nitrogen and oxygen atoms in total. The Labute approximate surface area is 114 Å². The van der Waals surface area contributed by atoms with Crippen LogP contribution in [0.1, 0.15) is 18.4 Å². The number of fused-ring (bicyclic) bond motifs is 1. The first-order valence-corrected chi connectivity index (χ1v) is 6.57. The maximum atomic E-state index is 13.6. The lowest BCUT2D eigenvalue weighted by Gasteiger charge is -2.29. The highest BCUT2D eigenvalue weighted by Gasteiger charge is 2.24. The van der Waals surface area contributed by atoms with Crippen molar-refractivity contribution in [2.24, 2.45) is 5.92 Å². The molecule has 0 radical (unpaired) electrons. The zero-order valence-corrected chi connectivity index (χ0v) is 11.3. The van der Waals surface area contributed by atoms with Gasteiger partial charge in [-0.25, -0.2) is 4.39 Å². The zero-order valence-electron chi connectivity index (χ0n) is 10.5. The van der Waals surface area contributed by atoms with Crippen molar-refractivity contribution >= 4 is 18.1 Å². The molecule has 0 spiro atoms. The van der Waals surface area contributed by atoms with E-state index in [4.69, 9.17) is 0 Å². The summed E-state index contributed by atoms with van der Waals surface area (Å²) in [4.78, 5) is 2.37. The van der Waals surface area contributed by atoms with Gasteiger partial charge < -0.3 is 10.2 Å². The molecule has 1 aromatic rings. The third-order valence-corrected chi connectivity index (χ3v) is 4.00. The number of nitrogens with one attached hydrogen (secondary N) is 1. The molecule has 100 valence electrons. The second-order valence-corrected chi connectivity index (χ2v) is 5.13. The molecule has 2 aliphatic heterocycles. The molecule has 0 aromatic heterocycles. The number of hydrogen-bond donors (Lipinski definition) is 1. The van der Waals surface area contributed by atoms with Crippen molar-refractivity contribution in [1.82, 2.24) is 5.32 Å². The van der Waals surface area contributed by atoms with Crippen LogP contribution in [0.25, 0.3) is 0 Å². The molecule has 0 unspecified atom stereocenters. The van der Waals surface area contributed by atoms with Gasteiger partial charge in [0.15, 0.2) is 0 Å². The summed E-state index contributed by atoms with van der Waals surface area (Å²) in [5, 5.41) is 3.39. The van der Waals surface area contributed by atoms with Crippen LogP contribution in [0.5, 0.6) is 0 Å². The van der Waals surface area contributed by atoms with Gasteiger partial charge in [0.2, 0.25) is 0 Å². The first-order valence-electron chi connectivity index (χ1n) is 6.57. The smallest absolute Gasteiger partial charge is 0.128 e. The highest BCUT2D eigenvalue weighted by molar-refractivity contribution is 5.85. The molecule has 1 saturated heterocycles. The number of halogens is 2. The minimum absolute atomic E-state index is 0. The van der Waals surface area contributed by atoms with Gasteiger partial charge >= 0.3 is 0 Å². The predicted octanol–water partition coefficient (Wildman–Crippen LogP) is 2.61. The molecule has 18 heavy (non-hydrogen) atoms. The van der Waals surface area contributed by atoms with E-state index in [2.05, 4.69) is 16.3 Å². The number of hydrogen-bond acceptors (Lipinski definition) is 2. The molecule has 1 aromatic carbocycles. The van der Waals surface area contributed by atoms with E-state index in [9.17, 15) is 4.39 Å². The monoisotopic (exact) mass is 270 g/mol. The van der Waals surface area contributed by atoms with Crippen molar-refractivity contribution in [3.8, 4) is 0 Å². The Hall–Kier alpha value is -0.800. The van der Waals surface area contributed by atoms with Gasteiger partial charge in [0.05, 0.1) is 0 Å². The average Bonchev–Trinajstić information content (AvgIpc) is 2.76. The van der Waals surface area contributed by atoms with Crippen LogP contribution in [0.2, 0.25) is 0 Å². The van der Waals surface area contributed by atoms with Crippen LogP contribution in [0.3, 0.4) is 0 Å². The lowest BCUT2D eigenvalue weighted by atomic mass is 9.97. The summed E-state index contributed by atoms with van der Waals surface area (Å²) < 4.78 is 13.6. The Balaban J connectivity index is 0.00000120. The van der Waals surface area contributed by atoms with Crippen molar-refractivity contribution in [2.75, 3.05) is 31.1 Å². The van der Waals surface area contributed by atoms with Crippen LogP contribution in [0.15, 0.2) is 18.2 Å². The van der Waals surface area contributed by atoms with Crippen LogP contribution >= 0.6 is 12.4 Å². The Morgan fingerprint density at radius 2 is 2.06 bits per heavy atom. The first-order chi connectivity index (χ1) is 8.34. The molecular weight excluding hydrogens is 251 g/mol. The van der Waals surface area contributed by atoms with Crippen LogP contribution in [-0.2, 0) is 6.42 Å². The Bertz CT molecular complexity index is 405. The van der Waals surface area contributed by atoms with E-state index in [0.717, 1.165) is 49.8 Å². The highest BCUT2D eigenvalue weighted by atomic mass is 35.5. The maximum Gasteiger partial charge on any atom is 0.128 e.